The smallest absolute Gasteiger partial charge is 0.354 e. The third kappa shape index (κ3) is 3.76. The Morgan fingerprint density at radius 1 is 1.03 bits per heavy atom. The number of aromatic carboxylic acids is 1. The lowest BCUT2D eigenvalue weighted by molar-refractivity contribution is 0.0689. The van der Waals surface area contributed by atoms with E-state index in [1.807, 2.05) is 0 Å². The molecule has 0 spiro atoms. The van der Waals surface area contributed by atoms with E-state index in [4.69, 9.17) is 16.2 Å². The largest absolute Gasteiger partial charge is 0.507 e. The van der Waals surface area contributed by atoms with Crippen LogP contribution in [0.5, 0.6) is 23.0 Å². The zero-order valence-corrected chi connectivity index (χ0v) is 19.6. The molecule has 0 aliphatic heterocycles. The fourth-order valence-corrected chi connectivity index (χ4v) is 4.22. The average Bonchev–Trinajstić information content (AvgIpc) is 2.88. The van der Waals surface area contributed by atoms with Gasteiger partial charge in [0.15, 0.2) is 17.7 Å². The number of rotatable bonds is 6. The molecule has 4 rings (SSSR count). The molecule has 12 nitrogen and oxygen atoms in total. The predicted molar refractivity (Wildman–Crippen MR) is 134 cm³/mol. The fraction of sp³-hybridized carbons (Fsp3) is 0.120. The summed E-state index contributed by atoms with van der Waals surface area (Å²) in [6, 6.07) is 5.65. The van der Waals surface area contributed by atoms with Crippen LogP contribution < -0.4 is 16.2 Å². The lowest BCUT2D eigenvalue weighted by Gasteiger charge is -2.19. The van der Waals surface area contributed by atoms with Gasteiger partial charge in [-0.3, -0.25) is 4.79 Å². The van der Waals surface area contributed by atoms with Gasteiger partial charge < -0.3 is 41.7 Å². The van der Waals surface area contributed by atoms with Crippen molar-refractivity contribution in [2.75, 3.05) is 18.6 Å². The van der Waals surface area contributed by atoms with Gasteiger partial charge in [-0.15, -0.1) is 0 Å². The highest BCUT2D eigenvalue weighted by atomic mass is 16.5. The fourth-order valence-electron chi connectivity index (χ4n) is 4.22. The standard InChI is InChI=1S/C25H22N4O8/c1-9-16(10-4-6-15(37-2)12(7-30)22(10)32)18(27)21(29-19(9)25(35)36)14-5-3-11-20(28-14)24(34)17(26)13(8-31)23(11)33/h3-6,8,30,32-34H,7,26-27H2,1-2H3,(H,35,36). The molecule has 12 heteroatoms. The zero-order chi connectivity index (χ0) is 27.2. The molecule has 2 aromatic heterocycles. The number of aliphatic hydroxyl groups is 1. The van der Waals surface area contributed by atoms with Crippen LogP contribution in [-0.4, -0.2) is 54.9 Å². The normalized spacial score (nSPS) is 11.0. The summed E-state index contributed by atoms with van der Waals surface area (Å²) in [5.41, 5.74) is 11.3. The number of aromatic hydroxyl groups is 3. The van der Waals surface area contributed by atoms with Crippen molar-refractivity contribution >= 4 is 34.5 Å². The van der Waals surface area contributed by atoms with Gasteiger partial charge in [-0.25, -0.2) is 14.8 Å². The monoisotopic (exact) mass is 506 g/mol. The number of hydrogen-bond acceptors (Lipinski definition) is 11. The van der Waals surface area contributed by atoms with Gasteiger partial charge >= 0.3 is 5.97 Å². The SMILES string of the molecule is COc1ccc(-c2c(C)c(C(=O)O)nc(-c3ccc4c(O)c(C=O)c(N)c(O)c4n3)c2N)c(O)c1CO. The van der Waals surface area contributed by atoms with Crippen molar-refractivity contribution in [1.29, 1.82) is 0 Å². The van der Waals surface area contributed by atoms with Crippen LogP contribution >= 0.6 is 0 Å². The van der Waals surface area contributed by atoms with Crippen LogP contribution in [-0.2, 0) is 6.61 Å². The Kier molecular flexibility index (Phi) is 6.19. The average molecular weight is 506 g/mol. The molecule has 0 saturated carbocycles. The molecular formula is C25H22N4O8. The summed E-state index contributed by atoms with van der Waals surface area (Å²) in [5, 5.41) is 51.4. The molecule has 37 heavy (non-hydrogen) atoms. The number of phenolic OH excluding ortho intramolecular Hbond substituents is 2. The Bertz CT molecular complexity index is 1620. The quantitative estimate of drug-likeness (QED) is 0.0867. The maximum absolute atomic E-state index is 12.1. The van der Waals surface area contributed by atoms with Crippen LogP contribution in [0, 0.1) is 6.92 Å². The number of benzene rings is 2. The second kappa shape index (κ2) is 9.17. The number of pyridine rings is 2. The molecule has 4 aromatic rings. The number of hydrogen-bond donors (Lipinski definition) is 7. The summed E-state index contributed by atoms with van der Waals surface area (Å²) in [5.74, 6) is -2.59. The molecule has 0 radical (unpaired) electrons. The van der Waals surface area contributed by atoms with Crippen molar-refractivity contribution in [2.24, 2.45) is 0 Å². The molecule has 0 aliphatic rings. The molecule has 0 aliphatic carbocycles. The highest BCUT2D eigenvalue weighted by molar-refractivity contribution is 6.05. The van der Waals surface area contributed by atoms with E-state index in [2.05, 4.69) is 9.97 Å². The van der Waals surface area contributed by atoms with Crippen molar-refractivity contribution in [3.8, 4) is 45.5 Å². The number of anilines is 2. The van der Waals surface area contributed by atoms with Gasteiger partial charge in [0.2, 0.25) is 0 Å². The Balaban J connectivity index is 2.07. The zero-order valence-electron chi connectivity index (χ0n) is 19.6. The lowest BCUT2D eigenvalue weighted by atomic mass is 9.93. The Hall–Kier alpha value is -5.10. The molecule has 0 unspecified atom stereocenters. The minimum absolute atomic E-state index is 0.0112. The number of fused-ring (bicyclic) bond motifs is 1. The molecule has 190 valence electrons. The predicted octanol–water partition coefficient (Wildman–Crippen LogP) is 2.57. The van der Waals surface area contributed by atoms with Crippen molar-refractivity contribution < 1.29 is 39.9 Å². The van der Waals surface area contributed by atoms with Gasteiger partial charge in [0.25, 0.3) is 0 Å². The number of carboxylic acid groups (broad SMARTS) is 1. The number of carboxylic acids is 1. The van der Waals surface area contributed by atoms with E-state index in [1.54, 1.807) is 0 Å². The molecule has 9 N–H and O–H groups in total. The summed E-state index contributed by atoms with van der Waals surface area (Å²) in [6.07, 6.45) is 0.296. The van der Waals surface area contributed by atoms with Gasteiger partial charge in [-0.1, -0.05) is 0 Å². The number of nitrogen functional groups attached to an aromatic ring is 2. The van der Waals surface area contributed by atoms with E-state index in [9.17, 15) is 35.1 Å². The number of aldehydes is 1. The topological polar surface area (TPSA) is 222 Å². The number of nitrogens with zero attached hydrogens (tertiary/aromatic N) is 2. The van der Waals surface area contributed by atoms with Crippen molar-refractivity contribution in [3.63, 3.8) is 0 Å². The number of carbonyl (C=O) groups excluding carboxylic acids is 1. The number of phenols is 3. The maximum Gasteiger partial charge on any atom is 0.354 e. The summed E-state index contributed by atoms with van der Waals surface area (Å²) in [7, 11) is 1.36. The number of methoxy groups -OCH3 is 1. The van der Waals surface area contributed by atoms with E-state index >= 15 is 0 Å². The van der Waals surface area contributed by atoms with Gasteiger partial charge in [-0.2, -0.15) is 0 Å². The van der Waals surface area contributed by atoms with Gasteiger partial charge in [0.1, 0.15) is 28.5 Å². The first kappa shape index (κ1) is 25.0. The minimum atomic E-state index is -1.38. The second-order valence-electron chi connectivity index (χ2n) is 8.06. The number of nitrogens with two attached hydrogens (primary N) is 2. The molecule has 0 bridgehead atoms. The van der Waals surface area contributed by atoms with Crippen LogP contribution in [0.25, 0.3) is 33.4 Å². The minimum Gasteiger partial charge on any atom is -0.507 e. The number of aliphatic hydroxyl groups excluding tert-OH is 1. The van der Waals surface area contributed by atoms with Crippen LogP contribution in [0.4, 0.5) is 11.4 Å². The number of carbonyl (C=O) groups is 2. The molecule has 0 amide bonds. The third-order valence-corrected chi connectivity index (χ3v) is 6.10. The van der Waals surface area contributed by atoms with Crippen molar-refractivity contribution in [1.82, 2.24) is 9.97 Å². The van der Waals surface area contributed by atoms with Gasteiger partial charge in [-0.05, 0) is 36.8 Å². The van der Waals surface area contributed by atoms with Crippen molar-refractivity contribution in [3.05, 3.63) is 46.6 Å². The van der Waals surface area contributed by atoms with E-state index < -0.39 is 24.1 Å². The van der Waals surface area contributed by atoms with Crippen LogP contribution in [0.3, 0.4) is 0 Å². The molecular weight excluding hydrogens is 484 g/mol. The van der Waals surface area contributed by atoms with E-state index in [0.717, 1.165) is 0 Å². The Morgan fingerprint density at radius 2 is 1.73 bits per heavy atom. The highest BCUT2D eigenvalue weighted by Gasteiger charge is 2.26. The van der Waals surface area contributed by atoms with Gasteiger partial charge in [0, 0.05) is 16.5 Å². The number of aromatic nitrogens is 2. The van der Waals surface area contributed by atoms with E-state index in [0.29, 0.717) is 6.29 Å². The first-order valence-corrected chi connectivity index (χ1v) is 10.7. The molecule has 2 aromatic carbocycles. The number of ether oxygens (including phenoxy) is 1. The lowest BCUT2D eigenvalue weighted by Crippen LogP contribution is -2.10. The molecule has 0 saturated heterocycles. The van der Waals surface area contributed by atoms with Crippen molar-refractivity contribution in [2.45, 2.75) is 13.5 Å². The summed E-state index contributed by atoms with van der Waals surface area (Å²) in [4.78, 5) is 31.8. The van der Waals surface area contributed by atoms with E-state index in [-0.39, 0.29) is 78.7 Å². The van der Waals surface area contributed by atoms with Crippen LogP contribution in [0.2, 0.25) is 0 Å². The highest BCUT2D eigenvalue weighted by Crippen LogP contribution is 2.45. The first-order chi connectivity index (χ1) is 17.6. The molecule has 2 heterocycles. The van der Waals surface area contributed by atoms with Gasteiger partial charge in [0.05, 0.1) is 41.9 Å². The second-order valence-corrected chi connectivity index (χ2v) is 8.06. The van der Waals surface area contributed by atoms with Crippen LogP contribution in [0.15, 0.2) is 24.3 Å². The Morgan fingerprint density at radius 3 is 2.32 bits per heavy atom. The molecule has 0 atom stereocenters. The summed E-state index contributed by atoms with van der Waals surface area (Å²) in [6.45, 7) is 0.901. The van der Waals surface area contributed by atoms with Crippen LogP contribution in [0.1, 0.15) is 32.0 Å². The molecule has 0 fully saturated rings. The van der Waals surface area contributed by atoms with E-state index in [1.165, 1.54) is 38.3 Å². The third-order valence-electron chi connectivity index (χ3n) is 6.10. The maximum atomic E-state index is 12.1. The first-order valence-electron chi connectivity index (χ1n) is 10.7. The Labute approximate surface area is 209 Å². The summed E-state index contributed by atoms with van der Waals surface area (Å²) >= 11 is 0. The summed E-state index contributed by atoms with van der Waals surface area (Å²) < 4.78 is 5.17.